The molecule has 124 valence electrons. The molecule has 1 atom stereocenters. The van der Waals surface area contributed by atoms with E-state index in [0.29, 0.717) is 27.4 Å². The summed E-state index contributed by atoms with van der Waals surface area (Å²) in [5.74, 6) is -0.208. The molecule has 1 unspecified atom stereocenters. The molecule has 0 spiro atoms. The summed E-state index contributed by atoms with van der Waals surface area (Å²) in [6, 6.07) is 8.40. The predicted octanol–water partition coefficient (Wildman–Crippen LogP) is 3.63. The van der Waals surface area contributed by atoms with E-state index in [2.05, 4.69) is 11.4 Å². The fourth-order valence-corrected chi connectivity index (χ4v) is 3.68. The Kier molecular flexibility index (Phi) is 5.42. The maximum absolute atomic E-state index is 12.2. The lowest BCUT2D eigenvalue weighted by Crippen LogP contribution is -2.27. The zero-order valence-corrected chi connectivity index (χ0v) is 14.4. The van der Waals surface area contributed by atoms with Gasteiger partial charge in [-0.2, -0.15) is 5.26 Å². The van der Waals surface area contributed by atoms with E-state index in [4.69, 9.17) is 0 Å². The van der Waals surface area contributed by atoms with Gasteiger partial charge in [0.05, 0.1) is 27.5 Å². The molecule has 1 aliphatic heterocycles. The van der Waals surface area contributed by atoms with Crippen molar-refractivity contribution >= 4 is 23.2 Å². The van der Waals surface area contributed by atoms with Crippen LogP contribution in [0.5, 0.6) is 0 Å². The van der Waals surface area contributed by atoms with Crippen molar-refractivity contribution in [2.75, 3.05) is 5.75 Å². The Morgan fingerprint density at radius 3 is 2.67 bits per heavy atom. The highest BCUT2D eigenvalue weighted by molar-refractivity contribution is 8.03. The summed E-state index contributed by atoms with van der Waals surface area (Å²) in [7, 11) is 0. The Morgan fingerprint density at radius 1 is 1.46 bits per heavy atom. The standard InChI is InChI=1S/C17H17N3O3S/c1-4-24-17-13(9-18)16(15(11(3)21)10(2)19-17)12-7-5-6-8-14(12)20(22)23/h5-8,16,19H,4H2,1-3H3. The van der Waals surface area contributed by atoms with Crippen LogP contribution in [0.25, 0.3) is 0 Å². The van der Waals surface area contributed by atoms with Gasteiger partial charge in [-0.05, 0) is 19.6 Å². The van der Waals surface area contributed by atoms with Gasteiger partial charge in [-0.3, -0.25) is 14.9 Å². The first kappa shape index (κ1) is 17.8. The van der Waals surface area contributed by atoms with Crippen molar-refractivity contribution in [2.24, 2.45) is 0 Å². The molecule has 6 nitrogen and oxygen atoms in total. The number of allylic oxidation sites excluding steroid dienone is 3. The number of ketones is 1. The quantitative estimate of drug-likeness (QED) is 0.648. The van der Waals surface area contributed by atoms with E-state index < -0.39 is 10.8 Å². The van der Waals surface area contributed by atoms with Crippen LogP contribution in [-0.2, 0) is 4.79 Å². The summed E-state index contributed by atoms with van der Waals surface area (Å²) < 4.78 is 0. The van der Waals surface area contributed by atoms with Gasteiger partial charge in [0, 0.05) is 22.9 Å². The molecule has 1 aliphatic rings. The second-order valence-electron chi connectivity index (χ2n) is 5.26. The number of dihydropyridines is 1. The second kappa shape index (κ2) is 7.32. The molecule has 0 saturated heterocycles. The first-order chi connectivity index (χ1) is 11.4. The number of carbonyl (C=O) groups is 1. The number of nitro groups is 1. The van der Waals surface area contributed by atoms with E-state index in [1.807, 2.05) is 6.92 Å². The van der Waals surface area contributed by atoms with Crippen molar-refractivity contribution in [2.45, 2.75) is 26.7 Å². The number of hydrogen-bond acceptors (Lipinski definition) is 6. The number of carbonyl (C=O) groups excluding carboxylic acids is 1. The number of rotatable bonds is 5. The molecule has 7 heteroatoms. The molecule has 1 aromatic carbocycles. The van der Waals surface area contributed by atoms with E-state index in [1.165, 1.54) is 24.8 Å². The van der Waals surface area contributed by atoms with Crippen LogP contribution < -0.4 is 5.32 Å². The topological polar surface area (TPSA) is 96.0 Å². The van der Waals surface area contributed by atoms with E-state index in [1.54, 1.807) is 25.1 Å². The van der Waals surface area contributed by atoms with Gasteiger partial charge >= 0.3 is 0 Å². The van der Waals surface area contributed by atoms with Crippen LogP contribution in [0.3, 0.4) is 0 Å². The summed E-state index contributed by atoms with van der Waals surface area (Å²) >= 11 is 1.45. The molecule has 0 bridgehead atoms. The van der Waals surface area contributed by atoms with E-state index in [9.17, 15) is 20.2 Å². The molecule has 0 amide bonds. The first-order valence-electron chi connectivity index (χ1n) is 7.41. The number of benzene rings is 1. The summed E-state index contributed by atoms with van der Waals surface area (Å²) in [6.45, 7) is 5.12. The SMILES string of the molecule is CCSC1=C(C#N)C(c2ccccc2[N+](=O)[O-])C(C(C)=O)=C(C)N1. The molecule has 1 aromatic rings. The van der Waals surface area contributed by atoms with Gasteiger partial charge in [-0.1, -0.05) is 25.1 Å². The van der Waals surface area contributed by atoms with Gasteiger partial charge in [0.15, 0.2) is 5.78 Å². The number of nitriles is 1. The van der Waals surface area contributed by atoms with Gasteiger partial charge in [0.25, 0.3) is 5.69 Å². The normalized spacial score (nSPS) is 17.3. The molecule has 0 fully saturated rings. The van der Waals surface area contributed by atoms with Crippen molar-refractivity contribution < 1.29 is 9.72 Å². The molecule has 1 N–H and O–H groups in total. The second-order valence-corrected chi connectivity index (χ2v) is 6.53. The maximum atomic E-state index is 12.2. The fourth-order valence-electron chi connectivity index (χ4n) is 2.85. The lowest BCUT2D eigenvalue weighted by Gasteiger charge is -2.29. The Balaban J connectivity index is 2.77. The molecule has 0 saturated carbocycles. The average Bonchev–Trinajstić information content (AvgIpc) is 2.54. The Bertz CT molecular complexity index is 806. The molecule has 0 radical (unpaired) electrons. The van der Waals surface area contributed by atoms with Crippen LogP contribution in [0.15, 0.2) is 46.1 Å². The molecule has 0 aromatic heterocycles. The molecular formula is C17H17N3O3S. The summed E-state index contributed by atoms with van der Waals surface area (Å²) in [4.78, 5) is 23.1. The van der Waals surface area contributed by atoms with Crippen molar-refractivity contribution in [3.63, 3.8) is 0 Å². The Morgan fingerprint density at radius 2 is 2.12 bits per heavy atom. The van der Waals surface area contributed by atoms with Crippen molar-refractivity contribution in [1.82, 2.24) is 5.32 Å². The van der Waals surface area contributed by atoms with Crippen molar-refractivity contribution in [3.8, 4) is 6.07 Å². The maximum Gasteiger partial charge on any atom is 0.273 e. The van der Waals surface area contributed by atoms with Crippen LogP contribution in [0.4, 0.5) is 5.69 Å². The third-order valence-corrected chi connectivity index (χ3v) is 4.66. The van der Waals surface area contributed by atoms with Crippen LogP contribution in [0, 0.1) is 21.4 Å². The lowest BCUT2D eigenvalue weighted by molar-refractivity contribution is -0.385. The summed E-state index contributed by atoms with van der Waals surface area (Å²) in [5.41, 5.74) is 1.62. The minimum Gasteiger partial charge on any atom is -0.353 e. The number of nitrogens with one attached hydrogen (secondary N) is 1. The predicted molar refractivity (Wildman–Crippen MR) is 93.1 cm³/mol. The monoisotopic (exact) mass is 343 g/mol. The molecule has 0 aliphatic carbocycles. The number of thioether (sulfide) groups is 1. The minimum atomic E-state index is -0.732. The van der Waals surface area contributed by atoms with Gasteiger partial charge in [-0.15, -0.1) is 11.8 Å². The van der Waals surface area contributed by atoms with Crippen LogP contribution in [-0.4, -0.2) is 16.5 Å². The molecule has 1 heterocycles. The Labute approximate surface area is 144 Å². The highest BCUT2D eigenvalue weighted by atomic mass is 32.2. The molecule has 24 heavy (non-hydrogen) atoms. The molecular weight excluding hydrogens is 326 g/mol. The van der Waals surface area contributed by atoms with E-state index in [0.717, 1.165) is 5.75 Å². The zero-order chi connectivity index (χ0) is 17.9. The number of para-hydroxylation sites is 1. The summed E-state index contributed by atoms with van der Waals surface area (Å²) in [6.07, 6.45) is 0. The van der Waals surface area contributed by atoms with E-state index >= 15 is 0 Å². The number of nitro benzene ring substituents is 1. The van der Waals surface area contributed by atoms with Gasteiger partial charge < -0.3 is 5.32 Å². The number of hydrogen-bond donors (Lipinski definition) is 1. The van der Waals surface area contributed by atoms with Crippen LogP contribution >= 0.6 is 11.8 Å². The zero-order valence-electron chi connectivity index (χ0n) is 13.6. The van der Waals surface area contributed by atoms with Gasteiger partial charge in [0.1, 0.15) is 0 Å². The Hall–Kier alpha value is -2.59. The number of nitrogens with zero attached hydrogens (tertiary/aromatic N) is 2. The highest BCUT2D eigenvalue weighted by Crippen LogP contribution is 2.43. The minimum absolute atomic E-state index is 0.0930. The lowest BCUT2D eigenvalue weighted by atomic mass is 9.80. The average molecular weight is 343 g/mol. The smallest absolute Gasteiger partial charge is 0.273 e. The summed E-state index contributed by atoms with van der Waals surface area (Å²) in [5, 5.41) is 24.8. The van der Waals surface area contributed by atoms with Crippen molar-refractivity contribution in [1.29, 1.82) is 5.26 Å². The van der Waals surface area contributed by atoms with Gasteiger partial charge in [0.2, 0.25) is 0 Å². The molecule has 2 rings (SSSR count). The number of Topliss-reactive ketones (excluding diaryl/α,β-unsaturated/α-hetero) is 1. The largest absolute Gasteiger partial charge is 0.353 e. The third kappa shape index (κ3) is 3.19. The fraction of sp³-hybridized carbons (Fsp3) is 0.294. The third-order valence-electron chi connectivity index (χ3n) is 3.76. The van der Waals surface area contributed by atoms with E-state index in [-0.39, 0.29) is 11.5 Å². The van der Waals surface area contributed by atoms with Gasteiger partial charge in [-0.25, -0.2) is 0 Å². The van der Waals surface area contributed by atoms with Crippen LogP contribution in [0.1, 0.15) is 32.3 Å². The first-order valence-corrected chi connectivity index (χ1v) is 8.40. The highest BCUT2D eigenvalue weighted by Gasteiger charge is 2.36. The van der Waals surface area contributed by atoms with Crippen molar-refractivity contribution in [3.05, 3.63) is 61.8 Å². The van der Waals surface area contributed by atoms with Crippen LogP contribution in [0.2, 0.25) is 0 Å².